The summed E-state index contributed by atoms with van der Waals surface area (Å²) in [5.74, 6) is 0.909. The molecule has 0 spiro atoms. The molecule has 2 aromatic heterocycles. The molecule has 7 heteroatoms. The summed E-state index contributed by atoms with van der Waals surface area (Å²) in [4.78, 5) is 30.9. The van der Waals surface area contributed by atoms with Crippen LogP contribution in [0.25, 0.3) is 16.3 Å². The Labute approximate surface area is 166 Å². The second-order valence-corrected chi connectivity index (χ2v) is 7.84. The fraction of sp³-hybridized carbons (Fsp3) is 0.286. The molecule has 1 N–H and O–H groups in total. The summed E-state index contributed by atoms with van der Waals surface area (Å²) in [7, 11) is 0. The molecular formula is C21H21N3O3S. The van der Waals surface area contributed by atoms with Crippen molar-refractivity contribution in [1.29, 1.82) is 0 Å². The zero-order valence-electron chi connectivity index (χ0n) is 15.3. The Hall–Kier alpha value is -2.93. The molecular weight excluding hydrogens is 374 g/mol. The van der Waals surface area contributed by atoms with E-state index in [1.165, 1.54) is 11.3 Å². The van der Waals surface area contributed by atoms with E-state index < -0.39 is 0 Å². The van der Waals surface area contributed by atoms with E-state index in [-0.39, 0.29) is 11.8 Å². The zero-order chi connectivity index (χ0) is 19.3. The Bertz CT molecular complexity index is 952. The summed E-state index contributed by atoms with van der Waals surface area (Å²) < 4.78 is 6.21. The van der Waals surface area contributed by atoms with Crippen LogP contribution < -0.4 is 5.32 Å². The van der Waals surface area contributed by atoms with Crippen LogP contribution in [-0.2, 0) is 4.79 Å². The fourth-order valence-electron chi connectivity index (χ4n) is 3.28. The number of carbonyl (C=O) groups excluding carboxylic acids is 2. The highest BCUT2D eigenvalue weighted by Crippen LogP contribution is 2.22. The van der Waals surface area contributed by atoms with Crippen molar-refractivity contribution in [1.82, 2.24) is 15.2 Å². The summed E-state index contributed by atoms with van der Waals surface area (Å²) in [6.45, 7) is 2.00. The minimum absolute atomic E-state index is 0.00615. The van der Waals surface area contributed by atoms with Gasteiger partial charge in [0.2, 0.25) is 5.91 Å². The number of piperidine rings is 1. The lowest BCUT2D eigenvalue weighted by molar-refractivity contribution is -0.127. The Balaban J connectivity index is 1.24. The predicted octanol–water partition coefficient (Wildman–Crippen LogP) is 3.57. The second kappa shape index (κ2) is 8.39. The molecule has 0 aliphatic carbocycles. The highest BCUT2D eigenvalue weighted by atomic mass is 32.1. The van der Waals surface area contributed by atoms with Gasteiger partial charge in [-0.3, -0.25) is 9.59 Å². The van der Waals surface area contributed by atoms with Gasteiger partial charge in [-0.1, -0.05) is 12.1 Å². The first-order valence-electron chi connectivity index (χ1n) is 9.33. The third kappa shape index (κ3) is 4.31. The van der Waals surface area contributed by atoms with E-state index in [9.17, 15) is 9.59 Å². The average Bonchev–Trinajstić information content (AvgIpc) is 3.40. The minimum atomic E-state index is -0.124. The van der Waals surface area contributed by atoms with Gasteiger partial charge in [0.05, 0.1) is 16.5 Å². The highest BCUT2D eigenvalue weighted by Gasteiger charge is 2.22. The highest BCUT2D eigenvalue weighted by molar-refractivity contribution is 7.20. The van der Waals surface area contributed by atoms with Crippen molar-refractivity contribution in [2.75, 3.05) is 19.6 Å². The lowest BCUT2D eigenvalue weighted by atomic mass is 9.96. The van der Waals surface area contributed by atoms with Gasteiger partial charge < -0.3 is 14.6 Å². The molecule has 0 radical (unpaired) electrons. The van der Waals surface area contributed by atoms with Crippen molar-refractivity contribution in [3.63, 3.8) is 0 Å². The zero-order valence-corrected chi connectivity index (χ0v) is 16.2. The molecule has 1 aromatic carbocycles. The molecule has 0 saturated carbocycles. The number of amides is 2. The molecule has 144 valence electrons. The number of aromatic nitrogens is 1. The number of hydrogen-bond donors (Lipinski definition) is 1. The van der Waals surface area contributed by atoms with Gasteiger partial charge in [-0.2, -0.15) is 0 Å². The van der Waals surface area contributed by atoms with Crippen molar-refractivity contribution >= 4 is 39.4 Å². The van der Waals surface area contributed by atoms with Crippen molar-refractivity contribution in [3.05, 3.63) is 59.5 Å². The third-order valence-corrected chi connectivity index (χ3v) is 5.93. The van der Waals surface area contributed by atoms with Crippen LogP contribution in [0, 0.1) is 5.92 Å². The molecule has 6 nitrogen and oxygen atoms in total. The Morgan fingerprint density at radius 1 is 1.21 bits per heavy atom. The van der Waals surface area contributed by atoms with Crippen LogP contribution in [0.5, 0.6) is 0 Å². The van der Waals surface area contributed by atoms with Crippen LogP contribution in [0.1, 0.15) is 28.4 Å². The predicted molar refractivity (Wildman–Crippen MR) is 109 cm³/mol. The van der Waals surface area contributed by atoms with Gasteiger partial charge in [0.25, 0.3) is 5.91 Å². The molecule has 1 aliphatic heterocycles. The largest absolute Gasteiger partial charge is 0.465 e. The van der Waals surface area contributed by atoms with Gasteiger partial charge in [-0.25, -0.2) is 4.98 Å². The first-order valence-corrected chi connectivity index (χ1v) is 10.1. The second-order valence-electron chi connectivity index (χ2n) is 6.81. The third-order valence-electron chi connectivity index (χ3n) is 4.90. The van der Waals surface area contributed by atoms with Crippen LogP contribution in [0.3, 0.4) is 0 Å². The number of para-hydroxylation sites is 1. The lowest BCUT2D eigenvalue weighted by Gasteiger charge is -2.31. The number of rotatable bonds is 5. The van der Waals surface area contributed by atoms with Gasteiger partial charge in [0.1, 0.15) is 5.76 Å². The fourth-order valence-corrected chi connectivity index (χ4v) is 4.17. The van der Waals surface area contributed by atoms with Gasteiger partial charge in [0.15, 0.2) is 5.01 Å². The Kier molecular flexibility index (Phi) is 5.53. The quantitative estimate of drug-likeness (QED) is 0.670. The van der Waals surface area contributed by atoms with Crippen molar-refractivity contribution in [2.24, 2.45) is 5.92 Å². The Morgan fingerprint density at radius 2 is 2.04 bits per heavy atom. The summed E-state index contributed by atoms with van der Waals surface area (Å²) in [5.41, 5.74) is 0.854. The van der Waals surface area contributed by atoms with Crippen LogP contribution in [0.15, 0.2) is 53.2 Å². The number of carbonyl (C=O) groups is 2. The van der Waals surface area contributed by atoms with E-state index in [1.54, 1.807) is 24.5 Å². The molecule has 4 rings (SSSR count). The standard InChI is InChI=1S/C21H21N3O3S/c25-19(8-7-16-4-3-13-27-16)24-11-9-15(10-12-24)14-22-20(26)21-23-17-5-1-2-6-18(17)28-21/h1-8,13,15H,9-12,14H2,(H,22,26)/b8-7+. The summed E-state index contributed by atoms with van der Waals surface area (Å²) in [6, 6.07) is 11.3. The van der Waals surface area contributed by atoms with E-state index in [4.69, 9.17) is 4.42 Å². The molecule has 0 unspecified atom stereocenters. The molecule has 1 fully saturated rings. The number of nitrogens with zero attached hydrogens (tertiary/aromatic N) is 2. The van der Waals surface area contributed by atoms with Gasteiger partial charge in [-0.05, 0) is 49.1 Å². The maximum absolute atomic E-state index is 12.4. The normalized spacial score (nSPS) is 15.4. The van der Waals surface area contributed by atoms with E-state index in [2.05, 4.69) is 10.3 Å². The lowest BCUT2D eigenvalue weighted by Crippen LogP contribution is -2.40. The van der Waals surface area contributed by atoms with Crippen LogP contribution in [0.4, 0.5) is 0 Å². The number of nitrogens with one attached hydrogen (secondary N) is 1. The SMILES string of the molecule is O=C(NCC1CCN(C(=O)/C=C/c2ccco2)CC1)c1nc2ccccc2s1. The summed E-state index contributed by atoms with van der Waals surface area (Å²) >= 11 is 1.41. The molecule has 0 atom stereocenters. The maximum atomic E-state index is 12.4. The Morgan fingerprint density at radius 3 is 2.79 bits per heavy atom. The van der Waals surface area contributed by atoms with Gasteiger partial charge in [0, 0.05) is 25.7 Å². The van der Waals surface area contributed by atoms with Gasteiger partial charge in [-0.15, -0.1) is 11.3 Å². The summed E-state index contributed by atoms with van der Waals surface area (Å²) in [6.07, 6.45) is 6.57. The van der Waals surface area contributed by atoms with E-state index in [0.717, 1.165) is 23.1 Å². The monoisotopic (exact) mass is 395 g/mol. The number of likely N-dealkylation sites (tertiary alicyclic amines) is 1. The number of benzene rings is 1. The number of hydrogen-bond acceptors (Lipinski definition) is 5. The van der Waals surface area contributed by atoms with E-state index in [1.807, 2.05) is 35.2 Å². The molecule has 1 saturated heterocycles. The molecule has 3 aromatic rings. The van der Waals surface area contributed by atoms with E-state index >= 15 is 0 Å². The molecule has 1 aliphatic rings. The number of fused-ring (bicyclic) bond motifs is 1. The molecule has 28 heavy (non-hydrogen) atoms. The van der Waals surface area contributed by atoms with Crippen molar-refractivity contribution in [3.8, 4) is 0 Å². The van der Waals surface area contributed by atoms with Crippen molar-refractivity contribution < 1.29 is 14.0 Å². The maximum Gasteiger partial charge on any atom is 0.280 e. The van der Waals surface area contributed by atoms with Crippen LogP contribution in [0.2, 0.25) is 0 Å². The first-order chi connectivity index (χ1) is 13.7. The van der Waals surface area contributed by atoms with Gasteiger partial charge >= 0.3 is 0 Å². The molecule has 0 bridgehead atoms. The summed E-state index contributed by atoms with van der Waals surface area (Å²) in [5, 5.41) is 3.49. The first kappa shape index (κ1) is 18.4. The van der Waals surface area contributed by atoms with Crippen LogP contribution in [-0.4, -0.2) is 41.3 Å². The smallest absolute Gasteiger partial charge is 0.280 e. The molecule has 3 heterocycles. The molecule has 2 amide bonds. The number of thiazole rings is 1. The average molecular weight is 395 g/mol. The topological polar surface area (TPSA) is 75.4 Å². The van der Waals surface area contributed by atoms with Crippen LogP contribution >= 0.6 is 11.3 Å². The number of furan rings is 1. The van der Waals surface area contributed by atoms with Crippen molar-refractivity contribution in [2.45, 2.75) is 12.8 Å². The van der Waals surface area contributed by atoms with E-state index in [0.29, 0.717) is 36.3 Å². The minimum Gasteiger partial charge on any atom is -0.465 e.